The van der Waals surface area contributed by atoms with Crippen molar-refractivity contribution in [3.05, 3.63) is 144 Å². The average molecular weight is 598 g/mol. The standard InChI is InChI=1S/C42H35N3O/c1-27-22-23-32-31-18-13-19-33(39(31)46-41(32)43-27)40-44-37-20-11-12-21-38(37)45(40)26-36-34(28-14-7-5-8-15-28)24-30(42(2,3)4)25-35(36)29-16-9-6-10-17-29/h5-25H,26H2,1-4H3. The van der Waals surface area contributed by atoms with Crippen LogP contribution in [0.15, 0.2) is 132 Å². The quantitative estimate of drug-likeness (QED) is 0.198. The Morgan fingerprint density at radius 3 is 1.96 bits per heavy atom. The van der Waals surface area contributed by atoms with Crippen LogP contribution in [0, 0.1) is 6.92 Å². The fourth-order valence-electron chi connectivity index (χ4n) is 6.57. The van der Waals surface area contributed by atoms with Gasteiger partial charge in [-0.25, -0.2) is 9.97 Å². The molecule has 0 bridgehead atoms. The summed E-state index contributed by atoms with van der Waals surface area (Å²) in [6, 6.07) is 45.2. The second kappa shape index (κ2) is 10.8. The van der Waals surface area contributed by atoms with Gasteiger partial charge in [-0.05, 0) is 76.1 Å². The summed E-state index contributed by atoms with van der Waals surface area (Å²) in [5, 5.41) is 2.06. The number of aryl methyl sites for hydroxylation is 1. The topological polar surface area (TPSA) is 43.9 Å². The van der Waals surface area contributed by atoms with E-state index in [0.717, 1.165) is 44.5 Å². The lowest BCUT2D eigenvalue weighted by atomic mass is 9.81. The van der Waals surface area contributed by atoms with Gasteiger partial charge in [0.2, 0.25) is 5.71 Å². The molecule has 0 aliphatic carbocycles. The normalized spacial score (nSPS) is 12.0. The van der Waals surface area contributed by atoms with Crippen LogP contribution in [0.2, 0.25) is 0 Å². The lowest BCUT2D eigenvalue weighted by Gasteiger charge is -2.25. The number of fused-ring (bicyclic) bond motifs is 4. The molecule has 0 amide bonds. The van der Waals surface area contributed by atoms with Gasteiger partial charge in [-0.2, -0.15) is 0 Å². The van der Waals surface area contributed by atoms with E-state index in [4.69, 9.17) is 14.4 Å². The van der Waals surface area contributed by atoms with Crippen LogP contribution < -0.4 is 0 Å². The van der Waals surface area contributed by atoms with Crippen LogP contribution in [-0.2, 0) is 12.0 Å². The summed E-state index contributed by atoms with van der Waals surface area (Å²) in [5.41, 5.74) is 12.8. The third-order valence-electron chi connectivity index (χ3n) is 9.00. The van der Waals surface area contributed by atoms with Gasteiger partial charge in [0.15, 0.2) is 0 Å². The second-order valence-electron chi connectivity index (χ2n) is 13.1. The summed E-state index contributed by atoms with van der Waals surface area (Å²) in [4.78, 5) is 9.97. The van der Waals surface area contributed by atoms with Gasteiger partial charge in [-0.15, -0.1) is 0 Å². The Kier molecular flexibility index (Phi) is 6.61. The van der Waals surface area contributed by atoms with Gasteiger partial charge in [0.05, 0.1) is 23.1 Å². The zero-order valence-corrected chi connectivity index (χ0v) is 26.6. The molecule has 0 spiro atoms. The summed E-state index contributed by atoms with van der Waals surface area (Å²) < 4.78 is 8.86. The summed E-state index contributed by atoms with van der Waals surface area (Å²) in [5.74, 6) is 0.875. The van der Waals surface area contributed by atoms with Crippen LogP contribution in [0.5, 0.6) is 0 Å². The van der Waals surface area contributed by atoms with Crippen molar-refractivity contribution in [2.75, 3.05) is 0 Å². The van der Waals surface area contributed by atoms with E-state index in [1.165, 1.54) is 33.4 Å². The molecule has 0 saturated carbocycles. The minimum atomic E-state index is -0.0260. The number of aromatic nitrogens is 3. The maximum absolute atomic E-state index is 6.49. The molecular weight excluding hydrogens is 562 g/mol. The van der Waals surface area contributed by atoms with E-state index in [2.05, 4.69) is 147 Å². The van der Waals surface area contributed by atoms with Gasteiger partial charge < -0.3 is 8.98 Å². The molecule has 8 aromatic rings. The molecule has 3 aromatic heterocycles. The minimum Gasteiger partial charge on any atom is -0.437 e. The van der Waals surface area contributed by atoms with Crippen LogP contribution in [0.3, 0.4) is 0 Å². The highest BCUT2D eigenvalue weighted by molar-refractivity contribution is 6.08. The van der Waals surface area contributed by atoms with Gasteiger partial charge in [-0.3, -0.25) is 0 Å². The maximum atomic E-state index is 6.49. The highest BCUT2D eigenvalue weighted by Crippen LogP contribution is 2.41. The first-order valence-corrected chi connectivity index (χ1v) is 15.9. The predicted octanol–water partition coefficient (Wildman–Crippen LogP) is 11.0. The van der Waals surface area contributed by atoms with Crippen molar-refractivity contribution < 1.29 is 4.42 Å². The Morgan fingerprint density at radius 1 is 0.630 bits per heavy atom. The van der Waals surface area contributed by atoms with Gasteiger partial charge in [0, 0.05) is 16.5 Å². The number of pyridine rings is 1. The first-order chi connectivity index (χ1) is 22.3. The van der Waals surface area contributed by atoms with Crippen LogP contribution in [-0.4, -0.2) is 14.5 Å². The molecule has 0 N–H and O–H groups in total. The van der Waals surface area contributed by atoms with Crippen molar-refractivity contribution in [1.29, 1.82) is 0 Å². The van der Waals surface area contributed by atoms with Crippen molar-refractivity contribution in [3.63, 3.8) is 0 Å². The van der Waals surface area contributed by atoms with E-state index in [1.807, 2.05) is 13.0 Å². The van der Waals surface area contributed by atoms with E-state index in [-0.39, 0.29) is 5.41 Å². The monoisotopic (exact) mass is 597 g/mol. The zero-order chi connectivity index (χ0) is 31.4. The average Bonchev–Trinajstić information content (AvgIpc) is 3.63. The van der Waals surface area contributed by atoms with E-state index >= 15 is 0 Å². The molecule has 46 heavy (non-hydrogen) atoms. The SMILES string of the molecule is Cc1ccc2c(n1)oc1c(-c3nc4ccccc4n3Cc3c(-c4ccccc4)cc(C(C)(C)C)cc3-c3ccccc3)cccc12. The van der Waals surface area contributed by atoms with Gasteiger partial charge >= 0.3 is 0 Å². The first-order valence-electron chi connectivity index (χ1n) is 15.9. The smallest absolute Gasteiger partial charge is 0.227 e. The molecule has 0 saturated heterocycles. The molecule has 0 fully saturated rings. The van der Waals surface area contributed by atoms with E-state index < -0.39 is 0 Å². The molecule has 0 aliphatic heterocycles. The van der Waals surface area contributed by atoms with Crippen molar-refractivity contribution in [3.8, 4) is 33.6 Å². The van der Waals surface area contributed by atoms with E-state index in [0.29, 0.717) is 12.3 Å². The maximum Gasteiger partial charge on any atom is 0.227 e. The highest BCUT2D eigenvalue weighted by atomic mass is 16.3. The summed E-state index contributed by atoms with van der Waals surface area (Å²) in [6.45, 7) is 9.49. The molecule has 8 rings (SSSR count). The Morgan fingerprint density at radius 2 is 1.28 bits per heavy atom. The molecule has 0 radical (unpaired) electrons. The summed E-state index contributed by atoms with van der Waals surface area (Å²) >= 11 is 0. The minimum absolute atomic E-state index is 0.0260. The van der Waals surface area contributed by atoms with Crippen LogP contribution in [0.1, 0.15) is 37.6 Å². The molecule has 0 aliphatic rings. The number of benzene rings is 5. The van der Waals surface area contributed by atoms with Crippen molar-refractivity contribution in [2.24, 2.45) is 0 Å². The predicted molar refractivity (Wildman–Crippen MR) is 190 cm³/mol. The van der Waals surface area contributed by atoms with E-state index in [9.17, 15) is 0 Å². The summed E-state index contributed by atoms with van der Waals surface area (Å²) in [7, 11) is 0. The second-order valence-corrected chi connectivity index (χ2v) is 13.1. The van der Waals surface area contributed by atoms with Crippen LogP contribution in [0.4, 0.5) is 0 Å². The zero-order valence-electron chi connectivity index (χ0n) is 26.6. The third kappa shape index (κ3) is 4.78. The molecule has 0 atom stereocenters. The number of rotatable bonds is 5. The van der Waals surface area contributed by atoms with E-state index in [1.54, 1.807) is 0 Å². The number of hydrogen-bond acceptors (Lipinski definition) is 3. The molecule has 4 nitrogen and oxygen atoms in total. The van der Waals surface area contributed by atoms with Crippen molar-refractivity contribution in [1.82, 2.24) is 14.5 Å². The fourth-order valence-corrected chi connectivity index (χ4v) is 6.57. The van der Waals surface area contributed by atoms with Gasteiger partial charge in [0.25, 0.3) is 0 Å². The molecular formula is C42H35N3O. The Labute approximate surface area is 269 Å². The molecule has 5 aromatic carbocycles. The Bertz CT molecular complexity index is 2310. The van der Waals surface area contributed by atoms with Crippen molar-refractivity contribution >= 4 is 33.1 Å². The van der Waals surface area contributed by atoms with Crippen LogP contribution in [0.25, 0.3) is 66.7 Å². The largest absolute Gasteiger partial charge is 0.437 e. The van der Waals surface area contributed by atoms with Gasteiger partial charge in [0.1, 0.15) is 11.4 Å². The van der Waals surface area contributed by atoms with Crippen molar-refractivity contribution in [2.45, 2.75) is 39.7 Å². The Hall–Kier alpha value is -5.48. The molecule has 3 heterocycles. The lowest BCUT2D eigenvalue weighted by molar-refractivity contribution is 0.590. The molecule has 0 unspecified atom stereocenters. The highest BCUT2D eigenvalue weighted by Gasteiger charge is 2.24. The lowest BCUT2D eigenvalue weighted by Crippen LogP contribution is -2.13. The molecule has 224 valence electrons. The van der Waals surface area contributed by atoms with Gasteiger partial charge in [-0.1, -0.05) is 118 Å². The summed E-state index contributed by atoms with van der Waals surface area (Å²) in [6.07, 6.45) is 0. The Balaban J connectivity index is 1.42. The first kappa shape index (κ1) is 28.0. The fraction of sp³-hybridized carbons (Fsp3) is 0.143. The molecule has 4 heteroatoms. The number of furan rings is 1. The number of hydrogen-bond donors (Lipinski definition) is 0. The number of para-hydroxylation sites is 3. The number of imidazole rings is 1. The number of nitrogens with zero attached hydrogens (tertiary/aromatic N) is 3. The third-order valence-corrected chi connectivity index (χ3v) is 9.00. The van der Waals surface area contributed by atoms with Crippen LogP contribution >= 0.6 is 0 Å².